The van der Waals surface area contributed by atoms with Gasteiger partial charge in [-0.15, -0.1) is 0 Å². The second-order valence-electron chi connectivity index (χ2n) is 6.49. The van der Waals surface area contributed by atoms with Crippen LogP contribution >= 0.6 is 0 Å². The molecular formula is C17H15F2N5O3S. The number of amides is 1. The average Bonchev–Trinajstić information content (AvgIpc) is 3.12. The summed E-state index contributed by atoms with van der Waals surface area (Å²) in [6.45, 7) is -1.44. The van der Waals surface area contributed by atoms with Crippen molar-refractivity contribution in [1.82, 2.24) is 24.8 Å². The number of aromatic amines is 1. The highest BCUT2D eigenvalue weighted by molar-refractivity contribution is 7.89. The van der Waals surface area contributed by atoms with Crippen molar-refractivity contribution in [2.45, 2.75) is 17.4 Å². The molecule has 0 spiro atoms. The Hall–Kier alpha value is -2.92. The molecule has 1 amide bonds. The molecule has 3 aromatic rings. The molecular weight excluding hydrogens is 392 g/mol. The maximum absolute atomic E-state index is 12.9. The van der Waals surface area contributed by atoms with Gasteiger partial charge in [0, 0.05) is 18.1 Å². The van der Waals surface area contributed by atoms with E-state index in [1.165, 1.54) is 30.5 Å². The smallest absolute Gasteiger partial charge is 0.275 e. The van der Waals surface area contributed by atoms with Crippen LogP contribution in [0.3, 0.4) is 0 Å². The molecule has 1 saturated heterocycles. The summed E-state index contributed by atoms with van der Waals surface area (Å²) in [7, 11) is -3.93. The van der Waals surface area contributed by atoms with Gasteiger partial charge in [-0.25, -0.2) is 22.2 Å². The summed E-state index contributed by atoms with van der Waals surface area (Å²) in [5, 5.41) is 9.96. The first-order chi connectivity index (χ1) is 13.2. The van der Waals surface area contributed by atoms with Gasteiger partial charge >= 0.3 is 0 Å². The standard InChI is InChI=1S/C17H15F2N5O3S/c18-17(19)9-24(10-17)28(26,27)14-3-1-11(2-4-14)6-21-16(25)13-5-12-8-22-23-15(12)20-7-13/h1-5,7-8H,6,9-10H2,(H,21,25)(H,20,22,23). The van der Waals surface area contributed by atoms with Crippen LogP contribution in [0.1, 0.15) is 15.9 Å². The molecule has 146 valence electrons. The summed E-state index contributed by atoms with van der Waals surface area (Å²) < 4.78 is 51.1. The van der Waals surface area contributed by atoms with Gasteiger partial charge in [-0.2, -0.15) is 9.40 Å². The molecule has 28 heavy (non-hydrogen) atoms. The summed E-state index contributed by atoms with van der Waals surface area (Å²) in [5.74, 6) is -3.30. The van der Waals surface area contributed by atoms with Gasteiger partial charge < -0.3 is 5.32 Å². The molecule has 2 aromatic heterocycles. The minimum Gasteiger partial charge on any atom is -0.348 e. The van der Waals surface area contributed by atoms with Crippen molar-refractivity contribution in [1.29, 1.82) is 0 Å². The van der Waals surface area contributed by atoms with E-state index in [1.807, 2.05) is 0 Å². The SMILES string of the molecule is O=C(NCc1ccc(S(=O)(=O)N2CC(F)(F)C2)cc1)c1cnc2[nH]ncc2c1. The fourth-order valence-corrected chi connectivity index (χ4v) is 4.31. The van der Waals surface area contributed by atoms with Crippen LogP contribution in [-0.2, 0) is 16.6 Å². The van der Waals surface area contributed by atoms with E-state index >= 15 is 0 Å². The molecule has 0 bridgehead atoms. The Labute approximate surface area is 158 Å². The third kappa shape index (κ3) is 3.45. The van der Waals surface area contributed by atoms with E-state index < -0.39 is 29.0 Å². The fourth-order valence-electron chi connectivity index (χ4n) is 2.81. The lowest BCUT2D eigenvalue weighted by Crippen LogP contribution is -2.58. The van der Waals surface area contributed by atoms with Gasteiger partial charge in [0.1, 0.15) is 0 Å². The number of benzene rings is 1. The number of rotatable bonds is 5. The van der Waals surface area contributed by atoms with Crippen LogP contribution in [-0.4, -0.2) is 52.8 Å². The van der Waals surface area contributed by atoms with Crippen LogP contribution in [0.5, 0.6) is 0 Å². The number of aromatic nitrogens is 3. The Morgan fingerprint density at radius 3 is 2.61 bits per heavy atom. The Morgan fingerprint density at radius 1 is 1.21 bits per heavy atom. The van der Waals surface area contributed by atoms with Gasteiger partial charge in [-0.05, 0) is 23.8 Å². The largest absolute Gasteiger partial charge is 0.348 e. The van der Waals surface area contributed by atoms with Crippen LogP contribution in [0.4, 0.5) is 8.78 Å². The Bertz CT molecular complexity index is 1140. The van der Waals surface area contributed by atoms with Crippen molar-refractivity contribution >= 4 is 27.0 Å². The van der Waals surface area contributed by atoms with Gasteiger partial charge in [0.05, 0.1) is 29.7 Å². The van der Waals surface area contributed by atoms with E-state index in [4.69, 9.17) is 0 Å². The highest BCUT2D eigenvalue weighted by atomic mass is 32.2. The van der Waals surface area contributed by atoms with Crippen molar-refractivity contribution in [2.75, 3.05) is 13.1 Å². The van der Waals surface area contributed by atoms with Crippen LogP contribution in [0, 0.1) is 0 Å². The number of nitrogens with zero attached hydrogens (tertiary/aromatic N) is 3. The highest BCUT2D eigenvalue weighted by Gasteiger charge is 2.49. The number of sulfonamides is 1. The number of hydrogen-bond acceptors (Lipinski definition) is 5. The number of alkyl halides is 2. The third-order valence-corrected chi connectivity index (χ3v) is 6.19. The normalized spacial score (nSPS) is 16.6. The Kier molecular flexibility index (Phi) is 4.35. The molecule has 1 aliphatic heterocycles. The van der Waals surface area contributed by atoms with E-state index in [9.17, 15) is 22.0 Å². The van der Waals surface area contributed by atoms with E-state index in [0.717, 1.165) is 4.31 Å². The molecule has 4 rings (SSSR count). The van der Waals surface area contributed by atoms with E-state index in [2.05, 4.69) is 20.5 Å². The number of carbonyl (C=O) groups excluding carboxylic acids is 1. The van der Waals surface area contributed by atoms with Crippen LogP contribution in [0.25, 0.3) is 11.0 Å². The molecule has 1 fully saturated rings. The molecule has 2 N–H and O–H groups in total. The predicted molar refractivity (Wildman–Crippen MR) is 95.2 cm³/mol. The summed E-state index contributed by atoms with van der Waals surface area (Å²) in [6.07, 6.45) is 2.99. The number of carbonyl (C=O) groups is 1. The average molecular weight is 407 g/mol. The van der Waals surface area contributed by atoms with Crippen LogP contribution < -0.4 is 5.32 Å². The first-order valence-corrected chi connectivity index (χ1v) is 9.73. The van der Waals surface area contributed by atoms with Gasteiger partial charge in [-0.3, -0.25) is 9.89 Å². The number of fused-ring (bicyclic) bond motifs is 1. The molecule has 11 heteroatoms. The molecule has 0 saturated carbocycles. The second kappa shape index (κ2) is 6.60. The zero-order valence-corrected chi connectivity index (χ0v) is 15.2. The lowest BCUT2D eigenvalue weighted by molar-refractivity contribution is -0.0945. The van der Waals surface area contributed by atoms with Crippen molar-refractivity contribution in [3.63, 3.8) is 0 Å². The van der Waals surface area contributed by atoms with Crippen LogP contribution in [0.2, 0.25) is 0 Å². The molecule has 0 unspecified atom stereocenters. The maximum Gasteiger partial charge on any atom is 0.275 e. The number of halogens is 2. The molecule has 3 heterocycles. The zero-order chi connectivity index (χ0) is 19.9. The van der Waals surface area contributed by atoms with Crippen molar-refractivity contribution in [3.05, 3.63) is 53.9 Å². The quantitative estimate of drug-likeness (QED) is 0.667. The summed E-state index contributed by atoms with van der Waals surface area (Å²) >= 11 is 0. The van der Waals surface area contributed by atoms with Gasteiger partial charge in [0.25, 0.3) is 11.8 Å². The second-order valence-corrected chi connectivity index (χ2v) is 8.43. The zero-order valence-electron chi connectivity index (χ0n) is 14.4. The molecule has 0 atom stereocenters. The Balaban J connectivity index is 1.40. The van der Waals surface area contributed by atoms with Crippen LogP contribution in [0.15, 0.2) is 47.6 Å². The summed E-state index contributed by atoms with van der Waals surface area (Å²) in [6, 6.07) is 7.39. The predicted octanol–water partition coefficient (Wildman–Crippen LogP) is 1.53. The minimum absolute atomic E-state index is 0.0623. The van der Waals surface area contributed by atoms with E-state index in [-0.39, 0.29) is 17.3 Å². The number of hydrogen-bond donors (Lipinski definition) is 2. The molecule has 8 nitrogen and oxygen atoms in total. The molecule has 0 aliphatic carbocycles. The fraction of sp³-hybridized carbons (Fsp3) is 0.235. The first kappa shape index (κ1) is 18.4. The van der Waals surface area contributed by atoms with E-state index in [1.54, 1.807) is 12.3 Å². The number of nitrogens with one attached hydrogen (secondary N) is 2. The molecule has 0 radical (unpaired) electrons. The highest BCUT2D eigenvalue weighted by Crippen LogP contribution is 2.32. The maximum atomic E-state index is 12.9. The lowest BCUT2D eigenvalue weighted by atomic mass is 10.2. The third-order valence-electron chi connectivity index (χ3n) is 4.38. The van der Waals surface area contributed by atoms with Gasteiger partial charge in [0.15, 0.2) is 5.65 Å². The van der Waals surface area contributed by atoms with Crippen molar-refractivity contribution in [2.24, 2.45) is 0 Å². The number of H-pyrrole nitrogens is 1. The molecule has 1 aromatic carbocycles. The van der Waals surface area contributed by atoms with Crippen molar-refractivity contribution < 1.29 is 22.0 Å². The first-order valence-electron chi connectivity index (χ1n) is 8.29. The summed E-state index contributed by atoms with van der Waals surface area (Å²) in [4.78, 5) is 16.3. The number of pyridine rings is 1. The monoisotopic (exact) mass is 407 g/mol. The summed E-state index contributed by atoms with van der Waals surface area (Å²) in [5.41, 5.74) is 1.61. The van der Waals surface area contributed by atoms with Gasteiger partial charge in [-0.1, -0.05) is 12.1 Å². The van der Waals surface area contributed by atoms with E-state index in [0.29, 0.717) is 22.2 Å². The lowest BCUT2D eigenvalue weighted by Gasteiger charge is -2.37. The minimum atomic E-state index is -3.93. The van der Waals surface area contributed by atoms with Crippen molar-refractivity contribution in [3.8, 4) is 0 Å². The molecule has 1 aliphatic rings. The Morgan fingerprint density at radius 2 is 1.93 bits per heavy atom. The van der Waals surface area contributed by atoms with Gasteiger partial charge in [0.2, 0.25) is 10.0 Å². The topological polar surface area (TPSA) is 108 Å².